The summed E-state index contributed by atoms with van der Waals surface area (Å²) in [6.45, 7) is 7.95. The Kier molecular flexibility index (Phi) is 10.3. The van der Waals surface area contributed by atoms with Crippen LogP contribution in [0.5, 0.6) is 5.75 Å². The predicted octanol–water partition coefficient (Wildman–Crippen LogP) is 3.93. The van der Waals surface area contributed by atoms with Crippen LogP contribution in [0.25, 0.3) is 0 Å². The lowest BCUT2D eigenvalue weighted by Crippen LogP contribution is -2.49. The lowest BCUT2D eigenvalue weighted by Gasteiger charge is -2.35. The maximum absolute atomic E-state index is 14.9. The first-order valence-corrected chi connectivity index (χ1v) is 13.4. The SMILES string of the molecule is C=C/N=C1/C=NC(N2CCN(CCOC)CC2)=N/C1=C(/N)Nc1cc(C(=O)Nc2ccc(OC)c(C(F)(F)F)c2)ccc1F. The minimum Gasteiger partial charge on any atom is -0.496 e. The van der Waals surface area contributed by atoms with E-state index < -0.39 is 29.2 Å². The van der Waals surface area contributed by atoms with Crippen molar-refractivity contribution in [2.75, 3.05) is 64.2 Å². The van der Waals surface area contributed by atoms with E-state index in [0.717, 1.165) is 44.9 Å². The van der Waals surface area contributed by atoms with E-state index in [-0.39, 0.29) is 34.2 Å². The Hall–Kier alpha value is -4.76. The van der Waals surface area contributed by atoms with E-state index in [1.165, 1.54) is 30.6 Å². The summed E-state index contributed by atoms with van der Waals surface area (Å²) in [6.07, 6.45) is -1.93. The molecule has 0 atom stereocenters. The van der Waals surface area contributed by atoms with E-state index in [1.54, 1.807) is 7.11 Å². The van der Waals surface area contributed by atoms with E-state index >= 15 is 0 Å². The van der Waals surface area contributed by atoms with E-state index in [2.05, 4.69) is 37.1 Å². The summed E-state index contributed by atoms with van der Waals surface area (Å²) < 4.78 is 65.0. The van der Waals surface area contributed by atoms with Gasteiger partial charge in [0.2, 0.25) is 5.96 Å². The Morgan fingerprint density at radius 1 is 1.14 bits per heavy atom. The van der Waals surface area contributed by atoms with Crippen LogP contribution >= 0.6 is 0 Å². The average Bonchev–Trinajstić information content (AvgIpc) is 3.01. The molecule has 1 saturated heterocycles. The first kappa shape index (κ1) is 32.2. The number of carbonyl (C=O) groups is 1. The second-order valence-electron chi connectivity index (χ2n) is 9.64. The van der Waals surface area contributed by atoms with Crippen molar-refractivity contribution in [3.8, 4) is 5.75 Å². The van der Waals surface area contributed by atoms with E-state index in [4.69, 9.17) is 15.2 Å². The average molecular weight is 617 g/mol. The molecular formula is C29H32F4N8O3. The Labute approximate surface area is 251 Å². The number of guanidine groups is 1. The molecule has 0 saturated carbocycles. The second-order valence-corrected chi connectivity index (χ2v) is 9.64. The van der Waals surface area contributed by atoms with Gasteiger partial charge in [-0.05, 0) is 36.4 Å². The third-order valence-corrected chi connectivity index (χ3v) is 6.77. The van der Waals surface area contributed by atoms with Crippen LogP contribution in [0.3, 0.4) is 0 Å². The highest BCUT2D eigenvalue weighted by atomic mass is 19.4. The van der Waals surface area contributed by atoms with Gasteiger partial charge in [0.15, 0.2) is 0 Å². The Morgan fingerprint density at radius 3 is 2.55 bits per heavy atom. The van der Waals surface area contributed by atoms with Gasteiger partial charge in [0.1, 0.15) is 28.8 Å². The highest BCUT2D eigenvalue weighted by molar-refractivity contribution is 6.41. The van der Waals surface area contributed by atoms with E-state index in [1.807, 2.05) is 4.90 Å². The summed E-state index contributed by atoms with van der Waals surface area (Å²) >= 11 is 0. The predicted molar refractivity (Wildman–Crippen MR) is 161 cm³/mol. The fourth-order valence-corrected chi connectivity index (χ4v) is 4.48. The molecule has 0 aromatic heterocycles. The van der Waals surface area contributed by atoms with Gasteiger partial charge >= 0.3 is 6.18 Å². The first-order chi connectivity index (χ1) is 21.0. The van der Waals surface area contributed by atoms with Gasteiger partial charge in [-0.3, -0.25) is 14.7 Å². The van der Waals surface area contributed by atoms with Crippen LogP contribution in [0.2, 0.25) is 0 Å². The largest absolute Gasteiger partial charge is 0.496 e. The molecule has 2 aliphatic rings. The third-order valence-electron chi connectivity index (χ3n) is 6.77. The zero-order valence-corrected chi connectivity index (χ0v) is 24.1. The number of carbonyl (C=O) groups excluding carboxylic acids is 1. The van der Waals surface area contributed by atoms with Gasteiger partial charge < -0.3 is 30.7 Å². The van der Waals surface area contributed by atoms with E-state index in [9.17, 15) is 22.4 Å². The van der Waals surface area contributed by atoms with Crippen LogP contribution in [-0.4, -0.2) is 87.1 Å². The number of hydrogen-bond donors (Lipinski definition) is 3. The number of nitrogens with one attached hydrogen (secondary N) is 2. The van der Waals surface area contributed by atoms with Crippen LogP contribution in [0, 0.1) is 5.82 Å². The van der Waals surface area contributed by atoms with Crippen molar-refractivity contribution in [3.63, 3.8) is 0 Å². The lowest BCUT2D eigenvalue weighted by molar-refractivity contribution is -0.138. The molecule has 2 aromatic carbocycles. The standard InChI is InChI=1S/C29H32F4N8O3/c1-4-35-23-17-36-28(41-11-9-40(10-12-41)13-14-43-2)39-25(23)26(34)38-22-15-18(5-7-21(22)30)27(42)37-19-6-8-24(44-3)20(16-19)29(31,32)33/h4-8,15-17,38H,1,9-14,34H2,2-3H3,(H,37,42)/b26-25-,35-23-. The zero-order chi connectivity index (χ0) is 31.9. The minimum atomic E-state index is -4.71. The maximum atomic E-state index is 14.9. The number of hydrogen-bond acceptors (Lipinski definition) is 10. The molecule has 4 N–H and O–H groups in total. The molecule has 0 radical (unpaired) electrons. The number of anilines is 2. The molecule has 0 unspecified atom stereocenters. The third kappa shape index (κ3) is 7.79. The Balaban J connectivity index is 1.55. The summed E-state index contributed by atoms with van der Waals surface area (Å²) in [5.41, 5.74) is 5.40. The van der Waals surface area contributed by atoms with Crippen LogP contribution < -0.4 is 21.1 Å². The van der Waals surface area contributed by atoms with Crippen molar-refractivity contribution < 1.29 is 31.8 Å². The van der Waals surface area contributed by atoms with Crippen molar-refractivity contribution in [3.05, 3.63) is 77.6 Å². The number of benzene rings is 2. The summed E-state index contributed by atoms with van der Waals surface area (Å²) in [5.74, 6) is -1.58. The number of nitrogens with zero attached hydrogens (tertiary/aromatic N) is 5. The second kappa shape index (κ2) is 14.1. The number of allylic oxidation sites excluding steroid dienone is 1. The van der Waals surface area contributed by atoms with Gasteiger partial charge in [0, 0.05) is 57.3 Å². The number of amides is 1. The normalized spacial score (nSPS) is 17.7. The lowest BCUT2D eigenvalue weighted by atomic mass is 10.1. The summed E-state index contributed by atoms with van der Waals surface area (Å²) in [4.78, 5) is 30.3. The number of halogens is 4. The van der Waals surface area contributed by atoms with Crippen molar-refractivity contribution in [2.24, 2.45) is 20.7 Å². The van der Waals surface area contributed by atoms with Gasteiger partial charge in [0.25, 0.3) is 5.91 Å². The minimum absolute atomic E-state index is 0.0446. The van der Waals surface area contributed by atoms with Gasteiger partial charge in [-0.2, -0.15) is 13.2 Å². The number of ether oxygens (including phenoxy) is 2. The summed E-state index contributed by atoms with van der Waals surface area (Å²) in [5, 5.41) is 5.13. The quantitative estimate of drug-likeness (QED) is 0.364. The Bertz CT molecular complexity index is 1510. The van der Waals surface area contributed by atoms with Gasteiger partial charge in [-0.25, -0.2) is 14.4 Å². The molecular weight excluding hydrogens is 584 g/mol. The first-order valence-electron chi connectivity index (χ1n) is 13.4. The van der Waals surface area contributed by atoms with Crippen LogP contribution in [0.4, 0.5) is 28.9 Å². The molecule has 0 bridgehead atoms. The van der Waals surface area contributed by atoms with Gasteiger partial charge in [-0.1, -0.05) is 6.58 Å². The van der Waals surface area contributed by atoms with E-state index in [0.29, 0.717) is 25.7 Å². The monoisotopic (exact) mass is 616 g/mol. The maximum Gasteiger partial charge on any atom is 0.420 e. The molecule has 1 amide bonds. The molecule has 44 heavy (non-hydrogen) atoms. The highest BCUT2D eigenvalue weighted by Gasteiger charge is 2.34. The molecule has 4 rings (SSSR count). The van der Waals surface area contributed by atoms with Gasteiger partial charge in [-0.15, -0.1) is 0 Å². The molecule has 2 heterocycles. The van der Waals surface area contributed by atoms with Crippen LogP contribution in [0.1, 0.15) is 15.9 Å². The smallest absolute Gasteiger partial charge is 0.420 e. The molecule has 2 aliphatic heterocycles. The number of rotatable bonds is 9. The van der Waals surface area contributed by atoms with Crippen molar-refractivity contribution in [1.82, 2.24) is 9.80 Å². The van der Waals surface area contributed by atoms with Crippen molar-refractivity contribution >= 4 is 35.2 Å². The number of methoxy groups -OCH3 is 2. The Morgan fingerprint density at radius 2 is 1.89 bits per heavy atom. The topological polar surface area (TPSA) is 129 Å². The van der Waals surface area contributed by atoms with Crippen molar-refractivity contribution in [1.29, 1.82) is 0 Å². The van der Waals surface area contributed by atoms with Crippen LogP contribution in [-0.2, 0) is 10.9 Å². The fourth-order valence-electron chi connectivity index (χ4n) is 4.48. The molecule has 0 aliphatic carbocycles. The highest BCUT2D eigenvalue weighted by Crippen LogP contribution is 2.37. The molecule has 234 valence electrons. The molecule has 0 spiro atoms. The summed E-state index contributed by atoms with van der Waals surface area (Å²) in [7, 11) is 2.77. The van der Waals surface area contributed by atoms with Gasteiger partial charge in [0.05, 0.1) is 31.2 Å². The molecule has 2 aromatic rings. The van der Waals surface area contributed by atoms with Crippen molar-refractivity contribution in [2.45, 2.75) is 6.18 Å². The fraction of sp³-hybridized carbons (Fsp3) is 0.310. The number of aliphatic imine (C=N–C) groups is 3. The number of alkyl halides is 3. The molecule has 11 nitrogen and oxygen atoms in total. The molecule has 1 fully saturated rings. The molecule has 15 heteroatoms. The summed E-state index contributed by atoms with van der Waals surface area (Å²) in [6, 6.07) is 6.50. The zero-order valence-electron chi connectivity index (χ0n) is 24.1. The van der Waals surface area contributed by atoms with Crippen LogP contribution in [0.15, 0.2) is 75.7 Å². The number of piperazine rings is 1. The number of nitrogens with two attached hydrogens (primary N) is 1.